The third-order valence-electron chi connectivity index (χ3n) is 6.46. The first-order chi connectivity index (χ1) is 20.8. The van der Waals surface area contributed by atoms with Gasteiger partial charge in [0.25, 0.3) is 0 Å². The number of amides is 1. The monoisotopic (exact) mass is 597 g/mol. The van der Waals surface area contributed by atoms with Crippen molar-refractivity contribution < 1.29 is 28.5 Å². The topological polar surface area (TPSA) is 120 Å². The summed E-state index contributed by atoms with van der Waals surface area (Å²) in [5.41, 5.74) is 3.95. The van der Waals surface area contributed by atoms with Crippen LogP contribution in [0.5, 0.6) is 17.2 Å². The number of nitrogens with zero attached hydrogens (tertiary/aromatic N) is 2. The highest BCUT2D eigenvalue weighted by Gasteiger charge is 2.23. The normalized spacial score (nSPS) is 11.2. The van der Waals surface area contributed by atoms with Gasteiger partial charge in [0.1, 0.15) is 11.1 Å². The number of esters is 1. The van der Waals surface area contributed by atoms with E-state index in [4.69, 9.17) is 23.9 Å². The quantitative estimate of drug-likeness (QED) is 0.150. The van der Waals surface area contributed by atoms with E-state index in [0.717, 1.165) is 5.56 Å². The van der Waals surface area contributed by atoms with Crippen molar-refractivity contribution in [3.63, 3.8) is 0 Å². The Morgan fingerprint density at radius 2 is 1.58 bits per heavy atom. The largest absolute Gasteiger partial charge is 0.493 e. The number of anilines is 1. The van der Waals surface area contributed by atoms with E-state index in [-0.39, 0.29) is 12.5 Å². The van der Waals surface area contributed by atoms with E-state index in [1.165, 1.54) is 33.1 Å². The summed E-state index contributed by atoms with van der Waals surface area (Å²) < 4.78 is 21.6. The number of ether oxygens (including phenoxy) is 4. The summed E-state index contributed by atoms with van der Waals surface area (Å²) in [7, 11) is 4.58. The zero-order valence-electron chi connectivity index (χ0n) is 24.5. The minimum atomic E-state index is -0.622. The van der Waals surface area contributed by atoms with Gasteiger partial charge in [-0.3, -0.25) is 4.79 Å². The maximum absolute atomic E-state index is 13.2. The second-order valence-electron chi connectivity index (χ2n) is 9.17. The lowest BCUT2D eigenvalue weighted by Gasteiger charge is -2.18. The Hall–Kier alpha value is -5.01. The Morgan fingerprint density at radius 3 is 2.14 bits per heavy atom. The van der Waals surface area contributed by atoms with Gasteiger partial charge in [-0.25, -0.2) is 9.78 Å². The molecule has 1 heterocycles. The Kier molecular flexibility index (Phi) is 10.3. The minimum absolute atomic E-state index is 0.275. The van der Waals surface area contributed by atoms with Crippen LogP contribution in [0.25, 0.3) is 22.4 Å². The number of aromatic nitrogens is 1. The van der Waals surface area contributed by atoms with Crippen LogP contribution in [0.4, 0.5) is 5.69 Å². The van der Waals surface area contributed by atoms with Crippen LogP contribution in [0, 0.1) is 11.3 Å². The molecule has 1 aromatic heterocycles. The first-order valence-corrected chi connectivity index (χ1v) is 14.3. The molecule has 0 fully saturated rings. The van der Waals surface area contributed by atoms with Gasteiger partial charge in [0.05, 0.1) is 50.0 Å². The number of thioether (sulfide) groups is 1. The molecule has 0 bridgehead atoms. The van der Waals surface area contributed by atoms with Crippen molar-refractivity contribution in [2.75, 3.05) is 33.3 Å². The summed E-state index contributed by atoms with van der Waals surface area (Å²) in [4.78, 5) is 30.0. The lowest BCUT2D eigenvalue weighted by molar-refractivity contribution is -0.115. The number of carbonyl (C=O) groups excluding carboxylic acids is 2. The third kappa shape index (κ3) is 7.08. The number of pyridine rings is 1. The first-order valence-electron chi connectivity index (χ1n) is 13.4. The Morgan fingerprint density at radius 1 is 0.930 bits per heavy atom. The second-order valence-corrected chi connectivity index (χ2v) is 10.5. The molecule has 0 aliphatic heterocycles. The van der Waals surface area contributed by atoms with Crippen LogP contribution >= 0.6 is 11.8 Å². The van der Waals surface area contributed by atoms with Crippen molar-refractivity contribution in [1.29, 1.82) is 5.26 Å². The lowest BCUT2D eigenvalue weighted by atomic mass is 9.98. The highest BCUT2D eigenvalue weighted by Crippen LogP contribution is 2.43. The van der Waals surface area contributed by atoms with Crippen LogP contribution in [-0.2, 0) is 9.53 Å². The molecule has 1 N–H and O–H groups in total. The molecule has 0 saturated carbocycles. The van der Waals surface area contributed by atoms with Gasteiger partial charge in [0.15, 0.2) is 11.5 Å². The van der Waals surface area contributed by atoms with Crippen LogP contribution in [0.2, 0.25) is 0 Å². The summed E-state index contributed by atoms with van der Waals surface area (Å²) in [6.45, 7) is 3.75. The number of benzene rings is 3. The van der Waals surface area contributed by atoms with Gasteiger partial charge in [0.2, 0.25) is 11.7 Å². The van der Waals surface area contributed by atoms with E-state index in [1.54, 1.807) is 50.2 Å². The molecule has 220 valence electrons. The standard InChI is InChI=1S/C33H31N3O6S/c1-6-42-33(38)22-12-14-24(15-13-22)35-31(37)20(2)43-32-26(19-34)25(18-27(36-32)21-10-8-7-9-11-21)23-16-28(39-3)30(41-5)29(17-23)40-4/h7-18,20H,6H2,1-5H3,(H,35,37). The lowest BCUT2D eigenvalue weighted by Crippen LogP contribution is -2.22. The van der Waals surface area contributed by atoms with Gasteiger partial charge >= 0.3 is 5.97 Å². The smallest absolute Gasteiger partial charge is 0.338 e. The van der Waals surface area contributed by atoms with Gasteiger partial charge in [-0.1, -0.05) is 42.1 Å². The summed E-state index contributed by atoms with van der Waals surface area (Å²) in [6.07, 6.45) is 0. The SMILES string of the molecule is CCOC(=O)c1ccc(NC(=O)C(C)Sc2nc(-c3ccccc3)cc(-c3cc(OC)c(OC)c(OC)c3)c2C#N)cc1. The van der Waals surface area contributed by atoms with Crippen molar-refractivity contribution in [1.82, 2.24) is 4.98 Å². The third-order valence-corrected chi connectivity index (χ3v) is 7.55. The molecule has 9 nitrogen and oxygen atoms in total. The summed E-state index contributed by atoms with van der Waals surface area (Å²) in [6, 6.07) is 23.7. The van der Waals surface area contributed by atoms with Crippen molar-refractivity contribution in [2.45, 2.75) is 24.1 Å². The summed E-state index contributed by atoms with van der Waals surface area (Å²) >= 11 is 1.18. The van der Waals surface area contributed by atoms with Crippen molar-refractivity contribution in [2.24, 2.45) is 0 Å². The molecule has 0 saturated heterocycles. The predicted molar refractivity (Wildman–Crippen MR) is 166 cm³/mol. The maximum Gasteiger partial charge on any atom is 0.338 e. The molecule has 3 aromatic carbocycles. The molecular formula is C33H31N3O6S. The van der Waals surface area contributed by atoms with E-state index in [2.05, 4.69) is 11.4 Å². The van der Waals surface area contributed by atoms with Crippen LogP contribution < -0.4 is 19.5 Å². The van der Waals surface area contributed by atoms with E-state index >= 15 is 0 Å². The molecular weight excluding hydrogens is 566 g/mol. The van der Waals surface area contributed by atoms with Gasteiger partial charge in [-0.2, -0.15) is 5.26 Å². The predicted octanol–water partition coefficient (Wildman–Crippen LogP) is 6.61. The van der Waals surface area contributed by atoms with Gasteiger partial charge < -0.3 is 24.3 Å². The van der Waals surface area contributed by atoms with E-state index in [9.17, 15) is 14.9 Å². The highest BCUT2D eigenvalue weighted by molar-refractivity contribution is 8.00. The maximum atomic E-state index is 13.2. The molecule has 10 heteroatoms. The van der Waals surface area contributed by atoms with Crippen LogP contribution in [0.1, 0.15) is 29.8 Å². The molecule has 4 aromatic rings. The van der Waals surface area contributed by atoms with Gasteiger partial charge in [0, 0.05) is 16.8 Å². The molecule has 0 spiro atoms. The second kappa shape index (κ2) is 14.2. The number of nitrogens with one attached hydrogen (secondary N) is 1. The van der Waals surface area contributed by atoms with Crippen LogP contribution in [0.15, 0.2) is 77.8 Å². The van der Waals surface area contributed by atoms with Crippen molar-refractivity contribution >= 4 is 29.3 Å². The Labute approximate surface area is 254 Å². The van der Waals surface area contributed by atoms with Crippen LogP contribution in [-0.4, -0.2) is 50.0 Å². The number of nitriles is 1. The average Bonchev–Trinajstić information content (AvgIpc) is 3.04. The zero-order valence-corrected chi connectivity index (χ0v) is 25.3. The van der Waals surface area contributed by atoms with E-state index in [1.807, 2.05) is 36.4 Å². The molecule has 0 aliphatic carbocycles. The Bertz CT molecular complexity index is 1630. The van der Waals surface area contributed by atoms with Crippen LogP contribution in [0.3, 0.4) is 0 Å². The van der Waals surface area contributed by atoms with E-state index in [0.29, 0.717) is 55.9 Å². The minimum Gasteiger partial charge on any atom is -0.493 e. The fourth-order valence-electron chi connectivity index (χ4n) is 4.30. The van der Waals surface area contributed by atoms with Gasteiger partial charge in [-0.15, -0.1) is 0 Å². The Balaban J connectivity index is 1.72. The number of carbonyl (C=O) groups is 2. The highest BCUT2D eigenvalue weighted by atomic mass is 32.2. The fourth-order valence-corrected chi connectivity index (χ4v) is 5.23. The number of rotatable bonds is 11. The fraction of sp³-hybridized carbons (Fsp3) is 0.212. The molecule has 1 atom stereocenters. The summed E-state index contributed by atoms with van der Waals surface area (Å²) in [5, 5.41) is 13.0. The number of methoxy groups -OCH3 is 3. The molecule has 4 rings (SSSR count). The average molecular weight is 598 g/mol. The number of hydrogen-bond donors (Lipinski definition) is 1. The number of hydrogen-bond acceptors (Lipinski definition) is 9. The van der Waals surface area contributed by atoms with Gasteiger partial charge in [-0.05, 0) is 61.9 Å². The molecule has 0 aliphatic rings. The zero-order chi connectivity index (χ0) is 30.9. The first kappa shape index (κ1) is 30.9. The van der Waals surface area contributed by atoms with Crippen molar-refractivity contribution in [3.8, 4) is 45.7 Å². The molecule has 1 unspecified atom stereocenters. The van der Waals surface area contributed by atoms with E-state index < -0.39 is 11.2 Å². The van der Waals surface area contributed by atoms with Crippen molar-refractivity contribution in [3.05, 3.63) is 83.9 Å². The molecule has 0 radical (unpaired) electrons. The molecule has 43 heavy (non-hydrogen) atoms. The molecule has 1 amide bonds. The summed E-state index contributed by atoms with van der Waals surface area (Å²) in [5.74, 6) is 0.587.